The largest absolute Gasteiger partial charge is 0.496 e. The predicted molar refractivity (Wildman–Crippen MR) is 53.2 cm³/mol. The van der Waals surface area contributed by atoms with Gasteiger partial charge in [-0.1, -0.05) is 43.5 Å². The molecule has 0 aliphatic heterocycles. The summed E-state index contributed by atoms with van der Waals surface area (Å²) in [4.78, 5) is 0. The van der Waals surface area contributed by atoms with Gasteiger partial charge in [-0.2, -0.15) is 0 Å². The van der Waals surface area contributed by atoms with Crippen LogP contribution in [0.3, 0.4) is 0 Å². The van der Waals surface area contributed by atoms with Crippen molar-refractivity contribution in [3.8, 4) is 5.75 Å². The number of benzene rings is 1. The van der Waals surface area contributed by atoms with E-state index in [1.54, 1.807) is 19.3 Å². The molecule has 1 aromatic rings. The number of ether oxygens (including phenoxy) is 1. The normalized spacial score (nSPS) is 9.08. The first-order chi connectivity index (χ1) is 5.83. The van der Waals surface area contributed by atoms with Crippen LogP contribution in [0.1, 0.15) is 11.1 Å². The Morgan fingerprint density at radius 3 is 2.00 bits per heavy atom. The summed E-state index contributed by atoms with van der Waals surface area (Å²) < 4.78 is 5.22. The number of hydrogen-bond donors (Lipinski definition) is 0. The van der Waals surface area contributed by atoms with Crippen molar-refractivity contribution >= 4 is 12.2 Å². The van der Waals surface area contributed by atoms with E-state index in [2.05, 4.69) is 13.2 Å². The molecule has 0 amide bonds. The number of rotatable bonds is 3. The lowest BCUT2D eigenvalue weighted by Gasteiger charge is -2.07. The Bertz CT molecular complexity index is 274. The van der Waals surface area contributed by atoms with Crippen LogP contribution in [0.5, 0.6) is 5.75 Å². The molecule has 1 heteroatoms. The van der Waals surface area contributed by atoms with Crippen molar-refractivity contribution in [2.24, 2.45) is 0 Å². The topological polar surface area (TPSA) is 9.23 Å². The number of methoxy groups -OCH3 is 1. The van der Waals surface area contributed by atoms with Crippen LogP contribution < -0.4 is 4.74 Å². The van der Waals surface area contributed by atoms with E-state index in [1.807, 2.05) is 18.2 Å². The molecule has 0 bridgehead atoms. The SMILES string of the molecule is C=Cc1cccc(C=C)c1OC. The Morgan fingerprint density at radius 1 is 1.17 bits per heavy atom. The summed E-state index contributed by atoms with van der Waals surface area (Å²) in [7, 11) is 1.65. The third kappa shape index (κ3) is 1.40. The minimum atomic E-state index is 0.836. The molecule has 0 fully saturated rings. The van der Waals surface area contributed by atoms with Gasteiger partial charge in [-0.3, -0.25) is 0 Å². The van der Waals surface area contributed by atoms with E-state index in [0.29, 0.717) is 0 Å². The highest BCUT2D eigenvalue weighted by Crippen LogP contribution is 2.25. The first-order valence-corrected chi connectivity index (χ1v) is 3.75. The molecule has 1 aromatic carbocycles. The lowest BCUT2D eigenvalue weighted by molar-refractivity contribution is 0.413. The maximum absolute atomic E-state index is 5.22. The number of hydrogen-bond acceptors (Lipinski definition) is 1. The Labute approximate surface area is 73.0 Å². The average Bonchev–Trinajstić information content (AvgIpc) is 2.16. The zero-order valence-electron chi connectivity index (χ0n) is 7.21. The minimum absolute atomic E-state index is 0.836. The fourth-order valence-corrected chi connectivity index (χ4v) is 1.13. The molecule has 0 aliphatic rings. The summed E-state index contributed by atoms with van der Waals surface area (Å²) in [6.07, 6.45) is 3.54. The lowest BCUT2D eigenvalue weighted by atomic mass is 10.1. The molecule has 1 rings (SSSR count). The molecule has 12 heavy (non-hydrogen) atoms. The molecule has 0 heterocycles. The Kier molecular flexibility index (Phi) is 2.70. The van der Waals surface area contributed by atoms with Gasteiger partial charge < -0.3 is 4.74 Å². The van der Waals surface area contributed by atoms with Crippen LogP contribution in [0.15, 0.2) is 31.4 Å². The average molecular weight is 160 g/mol. The molecule has 0 aromatic heterocycles. The second-order valence-electron chi connectivity index (χ2n) is 2.38. The van der Waals surface area contributed by atoms with Gasteiger partial charge in [-0.05, 0) is 0 Å². The summed E-state index contributed by atoms with van der Waals surface area (Å²) >= 11 is 0. The van der Waals surface area contributed by atoms with Crippen LogP contribution in [-0.4, -0.2) is 7.11 Å². The van der Waals surface area contributed by atoms with Crippen molar-refractivity contribution in [1.82, 2.24) is 0 Å². The molecular formula is C11H12O. The van der Waals surface area contributed by atoms with E-state index in [1.165, 1.54) is 0 Å². The van der Waals surface area contributed by atoms with Crippen LogP contribution in [-0.2, 0) is 0 Å². The van der Waals surface area contributed by atoms with Crippen molar-refractivity contribution in [1.29, 1.82) is 0 Å². The molecule has 62 valence electrons. The van der Waals surface area contributed by atoms with E-state index in [9.17, 15) is 0 Å². The van der Waals surface area contributed by atoms with Gasteiger partial charge in [-0.15, -0.1) is 0 Å². The maximum atomic E-state index is 5.22. The van der Waals surface area contributed by atoms with Crippen molar-refractivity contribution in [2.75, 3.05) is 7.11 Å². The van der Waals surface area contributed by atoms with Crippen molar-refractivity contribution < 1.29 is 4.74 Å². The molecular weight excluding hydrogens is 148 g/mol. The molecule has 0 spiro atoms. The predicted octanol–water partition coefficient (Wildman–Crippen LogP) is 2.98. The quantitative estimate of drug-likeness (QED) is 0.660. The standard InChI is InChI=1S/C11H12O/c1-4-9-7-6-8-10(5-2)11(9)12-3/h4-8H,1-2H2,3H3. The third-order valence-corrected chi connectivity index (χ3v) is 1.72. The molecule has 0 atom stereocenters. The van der Waals surface area contributed by atoms with Crippen molar-refractivity contribution in [3.63, 3.8) is 0 Å². The monoisotopic (exact) mass is 160 g/mol. The van der Waals surface area contributed by atoms with E-state index in [-0.39, 0.29) is 0 Å². The van der Waals surface area contributed by atoms with Crippen LogP contribution in [0.2, 0.25) is 0 Å². The van der Waals surface area contributed by atoms with E-state index >= 15 is 0 Å². The first kappa shape index (κ1) is 8.60. The van der Waals surface area contributed by atoms with Gasteiger partial charge in [0.25, 0.3) is 0 Å². The van der Waals surface area contributed by atoms with Gasteiger partial charge in [0.15, 0.2) is 0 Å². The van der Waals surface area contributed by atoms with Gasteiger partial charge >= 0.3 is 0 Å². The zero-order valence-corrected chi connectivity index (χ0v) is 7.21. The summed E-state index contributed by atoms with van der Waals surface area (Å²) in [6, 6.07) is 5.87. The highest BCUT2D eigenvalue weighted by Gasteiger charge is 2.01. The van der Waals surface area contributed by atoms with E-state index < -0.39 is 0 Å². The highest BCUT2D eigenvalue weighted by molar-refractivity contribution is 5.66. The van der Waals surface area contributed by atoms with E-state index in [4.69, 9.17) is 4.74 Å². The summed E-state index contributed by atoms with van der Waals surface area (Å²) in [5.41, 5.74) is 1.99. The molecule has 0 radical (unpaired) electrons. The number of para-hydroxylation sites is 1. The van der Waals surface area contributed by atoms with Gasteiger partial charge in [0.2, 0.25) is 0 Å². The van der Waals surface area contributed by atoms with Crippen LogP contribution in [0.4, 0.5) is 0 Å². The fraction of sp³-hybridized carbons (Fsp3) is 0.0909. The molecule has 0 saturated heterocycles. The van der Waals surface area contributed by atoms with Gasteiger partial charge in [0.1, 0.15) is 5.75 Å². The highest BCUT2D eigenvalue weighted by atomic mass is 16.5. The summed E-state index contributed by atoms with van der Waals surface area (Å²) in [5, 5.41) is 0. The molecule has 0 N–H and O–H groups in total. The van der Waals surface area contributed by atoms with Gasteiger partial charge in [-0.25, -0.2) is 0 Å². The summed E-state index contributed by atoms with van der Waals surface area (Å²) in [6.45, 7) is 7.40. The first-order valence-electron chi connectivity index (χ1n) is 3.75. The minimum Gasteiger partial charge on any atom is -0.496 e. The second kappa shape index (κ2) is 3.77. The van der Waals surface area contributed by atoms with Crippen molar-refractivity contribution in [2.45, 2.75) is 0 Å². The van der Waals surface area contributed by atoms with E-state index in [0.717, 1.165) is 16.9 Å². The lowest BCUT2D eigenvalue weighted by Crippen LogP contribution is -1.89. The van der Waals surface area contributed by atoms with Crippen LogP contribution >= 0.6 is 0 Å². The molecule has 0 aliphatic carbocycles. The van der Waals surface area contributed by atoms with Crippen LogP contribution in [0.25, 0.3) is 12.2 Å². The summed E-state index contributed by atoms with van der Waals surface area (Å²) in [5.74, 6) is 0.836. The maximum Gasteiger partial charge on any atom is 0.133 e. The van der Waals surface area contributed by atoms with Gasteiger partial charge in [0.05, 0.1) is 7.11 Å². The Balaban J connectivity index is 3.30. The Hall–Kier alpha value is -1.50. The Morgan fingerprint density at radius 2 is 1.67 bits per heavy atom. The van der Waals surface area contributed by atoms with Gasteiger partial charge in [0, 0.05) is 11.1 Å². The second-order valence-corrected chi connectivity index (χ2v) is 2.38. The molecule has 1 nitrogen and oxygen atoms in total. The van der Waals surface area contributed by atoms with Crippen LogP contribution in [0, 0.1) is 0 Å². The zero-order chi connectivity index (χ0) is 8.97. The van der Waals surface area contributed by atoms with Crippen molar-refractivity contribution in [3.05, 3.63) is 42.5 Å². The smallest absolute Gasteiger partial charge is 0.133 e. The fourth-order valence-electron chi connectivity index (χ4n) is 1.13. The third-order valence-electron chi connectivity index (χ3n) is 1.72. The molecule has 0 saturated carbocycles. The molecule has 0 unspecified atom stereocenters.